The normalized spacial score (nSPS) is 10.3. The zero-order chi connectivity index (χ0) is 13.2. The first kappa shape index (κ1) is 15.0. The summed E-state index contributed by atoms with van der Waals surface area (Å²) in [6.07, 6.45) is 4.40. The molecular weight excluding hydrogens is 253 g/mol. The molecule has 0 radical (unpaired) electrons. The molecule has 4 heteroatoms. The molecule has 2 nitrogen and oxygen atoms in total. The fourth-order valence-electron chi connectivity index (χ4n) is 1.70. The number of alkyl halides is 1. The number of benzene rings is 1. The zero-order valence-electron chi connectivity index (χ0n) is 10.4. The van der Waals surface area contributed by atoms with Gasteiger partial charge in [-0.15, -0.1) is 11.6 Å². The molecule has 0 heterocycles. The molecule has 1 N–H and O–H groups in total. The van der Waals surface area contributed by atoms with Crippen molar-refractivity contribution in [2.24, 2.45) is 0 Å². The number of hydrogen-bond acceptors (Lipinski definition) is 1. The Morgan fingerprint density at radius 2 is 2.00 bits per heavy atom. The molecule has 0 saturated carbocycles. The average molecular weight is 272 g/mol. The second kappa shape index (κ2) is 8.92. The van der Waals surface area contributed by atoms with Crippen molar-refractivity contribution in [3.05, 3.63) is 35.6 Å². The van der Waals surface area contributed by atoms with Gasteiger partial charge in [-0.05, 0) is 30.5 Å². The summed E-state index contributed by atoms with van der Waals surface area (Å²) in [6.45, 7) is 0.677. The van der Waals surface area contributed by atoms with Crippen LogP contribution in [0.3, 0.4) is 0 Å². The largest absolute Gasteiger partial charge is 0.356 e. The third-order valence-corrected chi connectivity index (χ3v) is 2.90. The summed E-state index contributed by atoms with van der Waals surface area (Å²) in [5.41, 5.74) is 0.703. The van der Waals surface area contributed by atoms with E-state index in [9.17, 15) is 9.18 Å². The number of nitrogens with one attached hydrogen (secondary N) is 1. The molecule has 0 aliphatic rings. The Morgan fingerprint density at radius 1 is 1.22 bits per heavy atom. The molecule has 0 atom stereocenters. The summed E-state index contributed by atoms with van der Waals surface area (Å²) in [6, 6.07) is 6.13. The van der Waals surface area contributed by atoms with Crippen LogP contribution in [0.2, 0.25) is 0 Å². The second-order valence-corrected chi connectivity index (χ2v) is 4.64. The average Bonchev–Trinajstić information content (AvgIpc) is 2.33. The molecular formula is C14H19ClFNO. The van der Waals surface area contributed by atoms with E-state index in [1.54, 1.807) is 12.1 Å². The highest BCUT2D eigenvalue weighted by Gasteiger charge is 2.03. The standard InChI is InChI=1S/C14H19ClFNO/c15-8-3-1-2-4-9-17-14(18)11-12-6-5-7-13(16)10-12/h5-7,10H,1-4,8-9,11H2,(H,17,18). The summed E-state index contributed by atoms with van der Waals surface area (Å²) in [7, 11) is 0. The van der Waals surface area contributed by atoms with Crippen molar-refractivity contribution in [2.75, 3.05) is 12.4 Å². The van der Waals surface area contributed by atoms with E-state index in [1.807, 2.05) is 0 Å². The number of hydrogen-bond donors (Lipinski definition) is 1. The highest BCUT2D eigenvalue weighted by molar-refractivity contribution is 6.17. The fraction of sp³-hybridized carbons (Fsp3) is 0.500. The second-order valence-electron chi connectivity index (χ2n) is 4.26. The van der Waals surface area contributed by atoms with E-state index in [-0.39, 0.29) is 18.1 Å². The third-order valence-electron chi connectivity index (χ3n) is 2.64. The molecule has 0 spiro atoms. The number of amides is 1. The van der Waals surface area contributed by atoms with Crippen molar-refractivity contribution < 1.29 is 9.18 Å². The van der Waals surface area contributed by atoms with E-state index < -0.39 is 0 Å². The Bertz CT molecular complexity index is 371. The van der Waals surface area contributed by atoms with Gasteiger partial charge in [0, 0.05) is 12.4 Å². The van der Waals surface area contributed by atoms with Crippen LogP contribution in [0, 0.1) is 5.82 Å². The van der Waals surface area contributed by atoms with E-state index >= 15 is 0 Å². The minimum atomic E-state index is -0.304. The number of carbonyl (C=O) groups is 1. The highest BCUT2D eigenvalue weighted by Crippen LogP contribution is 2.04. The molecule has 100 valence electrons. The maximum Gasteiger partial charge on any atom is 0.224 e. The Kier molecular flexibility index (Phi) is 7.42. The van der Waals surface area contributed by atoms with Crippen molar-refractivity contribution in [1.82, 2.24) is 5.32 Å². The van der Waals surface area contributed by atoms with Gasteiger partial charge in [0.2, 0.25) is 5.91 Å². The quantitative estimate of drug-likeness (QED) is 0.571. The zero-order valence-corrected chi connectivity index (χ0v) is 11.2. The molecule has 0 fully saturated rings. The minimum Gasteiger partial charge on any atom is -0.356 e. The Labute approximate surface area is 113 Å². The smallest absolute Gasteiger partial charge is 0.224 e. The highest BCUT2D eigenvalue weighted by atomic mass is 35.5. The molecule has 0 bridgehead atoms. The van der Waals surface area contributed by atoms with Crippen LogP contribution in [0.15, 0.2) is 24.3 Å². The lowest BCUT2D eigenvalue weighted by Gasteiger charge is -2.05. The molecule has 0 unspecified atom stereocenters. The van der Waals surface area contributed by atoms with Crippen LogP contribution in [0.4, 0.5) is 4.39 Å². The number of carbonyl (C=O) groups excluding carboxylic acids is 1. The monoisotopic (exact) mass is 271 g/mol. The summed E-state index contributed by atoms with van der Waals surface area (Å²) in [5.74, 6) is 0.339. The van der Waals surface area contributed by atoms with Gasteiger partial charge in [-0.3, -0.25) is 4.79 Å². The van der Waals surface area contributed by atoms with Crippen LogP contribution >= 0.6 is 11.6 Å². The molecule has 0 aromatic heterocycles. The SMILES string of the molecule is O=C(Cc1cccc(F)c1)NCCCCCCCl. The Morgan fingerprint density at radius 3 is 2.72 bits per heavy atom. The van der Waals surface area contributed by atoms with Crippen LogP contribution in [0.1, 0.15) is 31.2 Å². The molecule has 18 heavy (non-hydrogen) atoms. The van der Waals surface area contributed by atoms with Gasteiger partial charge in [0.25, 0.3) is 0 Å². The molecule has 0 saturated heterocycles. The van der Waals surface area contributed by atoms with Crippen molar-refractivity contribution in [3.63, 3.8) is 0 Å². The molecule has 1 aromatic rings. The van der Waals surface area contributed by atoms with Gasteiger partial charge in [-0.1, -0.05) is 25.0 Å². The predicted octanol–water partition coefficient (Wildman–Crippen LogP) is 3.28. The van der Waals surface area contributed by atoms with Gasteiger partial charge < -0.3 is 5.32 Å². The summed E-state index contributed by atoms with van der Waals surface area (Å²) in [5, 5.41) is 2.83. The first-order chi connectivity index (χ1) is 8.72. The molecule has 1 amide bonds. The first-order valence-corrected chi connectivity index (χ1v) is 6.83. The van der Waals surface area contributed by atoms with E-state index in [0.717, 1.165) is 25.7 Å². The van der Waals surface area contributed by atoms with Crippen LogP contribution in [-0.2, 0) is 11.2 Å². The number of rotatable bonds is 8. The number of unbranched alkanes of at least 4 members (excludes halogenated alkanes) is 3. The van der Waals surface area contributed by atoms with Crippen LogP contribution < -0.4 is 5.32 Å². The third kappa shape index (κ3) is 6.60. The predicted molar refractivity (Wildman–Crippen MR) is 72.3 cm³/mol. The molecule has 1 aromatic carbocycles. The van der Waals surface area contributed by atoms with Crippen LogP contribution in [0.5, 0.6) is 0 Å². The van der Waals surface area contributed by atoms with E-state index in [2.05, 4.69) is 5.32 Å². The maximum absolute atomic E-state index is 12.9. The van der Waals surface area contributed by atoms with Crippen molar-refractivity contribution in [1.29, 1.82) is 0 Å². The fourth-order valence-corrected chi connectivity index (χ4v) is 1.88. The van der Waals surface area contributed by atoms with Crippen LogP contribution in [-0.4, -0.2) is 18.3 Å². The number of halogens is 2. The van der Waals surface area contributed by atoms with E-state index in [1.165, 1.54) is 12.1 Å². The van der Waals surface area contributed by atoms with Gasteiger partial charge in [0.05, 0.1) is 6.42 Å². The van der Waals surface area contributed by atoms with Gasteiger partial charge in [0.1, 0.15) is 5.82 Å². The topological polar surface area (TPSA) is 29.1 Å². The minimum absolute atomic E-state index is 0.0575. The van der Waals surface area contributed by atoms with Crippen molar-refractivity contribution in [3.8, 4) is 0 Å². The Hall–Kier alpha value is -1.09. The van der Waals surface area contributed by atoms with Crippen molar-refractivity contribution in [2.45, 2.75) is 32.1 Å². The van der Waals surface area contributed by atoms with Gasteiger partial charge >= 0.3 is 0 Å². The van der Waals surface area contributed by atoms with Crippen molar-refractivity contribution >= 4 is 17.5 Å². The van der Waals surface area contributed by atoms with E-state index in [4.69, 9.17) is 11.6 Å². The van der Waals surface area contributed by atoms with Gasteiger partial charge in [0.15, 0.2) is 0 Å². The van der Waals surface area contributed by atoms with E-state index in [0.29, 0.717) is 18.0 Å². The van der Waals surface area contributed by atoms with Gasteiger partial charge in [-0.25, -0.2) is 4.39 Å². The molecule has 1 rings (SSSR count). The lowest BCUT2D eigenvalue weighted by Crippen LogP contribution is -2.26. The lowest BCUT2D eigenvalue weighted by molar-refractivity contribution is -0.120. The summed E-state index contributed by atoms with van der Waals surface area (Å²) >= 11 is 5.57. The maximum atomic E-state index is 12.9. The lowest BCUT2D eigenvalue weighted by atomic mass is 10.1. The molecule has 0 aliphatic carbocycles. The molecule has 0 aliphatic heterocycles. The van der Waals surface area contributed by atoms with Crippen LogP contribution in [0.25, 0.3) is 0 Å². The summed E-state index contributed by atoms with van der Waals surface area (Å²) in [4.78, 5) is 11.6. The Balaban J connectivity index is 2.14. The first-order valence-electron chi connectivity index (χ1n) is 6.29. The summed E-state index contributed by atoms with van der Waals surface area (Å²) < 4.78 is 12.9. The van der Waals surface area contributed by atoms with Gasteiger partial charge in [-0.2, -0.15) is 0 Å².